The number of halogens is 3. The third-order valence-corrected chi connectivity index (χ3v) is 4.39. The number of carbonyl (C=O) groups is 1. The van der Waals surface area contributed by atoms with E-state index < -0.39 is 6.36 Å². The van der Waals surface area contributed by atoms with Crippen LogP contribution >= 0.6 is 23.1 Å². The van der Waals surface area contributed by atoms with E-state index >= 15 is 0 Å². The normalized spacial score (nSPS) is 11.1. The average molecular weight is 364 g/mol. The van der Waals surface area contributed by atoms with Gasteiger partial charge in [0, 0.05) is 12.7 Å². The van der Waals surface area contributed by atoms with E-state index in [1.807, 2.05) is 0 Å². The summed E-state index contributed by atoms with van der Waals surface area (Å²) >= 11 is 2.53. The molecule has 0 unspecified atom stereocenters. The number of nitrogens with zero attached hydrogens (tertiary/aromatic N) is 2. The molecule has 1 aromatic carbocycles. The van der Waals surface area contributed by atoms with Gasteiger partial charge in [-0.15, -0.1) is 23.4 Å². The first-order chi connectivity index (χ1) is 10.9. The maximum Gasteiger partial charge on any atom is 0.573 e. The Kier molecular flexibility index (Phi) is 5.66. The minimum atomic E-state index is -4.74. The molecule has 2 rings (SSSR count). The second-order valence-electron chi connectivity index (χ2n) is 4.03. The number of thioether (sulfide) groups is 1. The number of aromatic nitrogens is 2. The fourth-order valence-electron chi connectivity index (χ4n) is 1.43. The lowest BCUT2D eigenvalue weighted by Gasteiger charge is -2.09. The van der Waals surface area contributed by atoms with E-state index in [1.165, 1.54) is 35.2 Å². The number of hydrogen-bond acceptors (Lipinski definition) is 7. The number of benzene rings is 1. The molecule has 23 heavy (non-hydrogen) atoms. The zero-order chi connectivity index (χ0) is 16.9. The Labute approximate surface area is 137 Å². The summed E-state index contributed by atoms with van der Waals surface area (Å²) in [5.41, 5.74) is 0.373. The SMILES string of the molecule is CNc1nnc(SCC(=O)Nc2ccc(OC(F)(F)F)cc2)s1. The molecule has 0 radical (unpaired) electrons. The van der Waals surface area contributed by atoms with Gasteiger partial charge in [-0.1, -0.05) is 23.1 Å². The summed E-state index contributed by atoms with van der Waals surface area (Å²) in [6.07, 6.45) is -4.74. The monoisotopic (exact) mass is 364 g/mol. The van der Waals surface area contributed by atoms with Crippen molar-refractivity contribution >= 4 is 39.8 Å². The summed E-state index contributed by atoms with van der Waals surface area (Å²) in [6.45, 7) is 0. The van der Waals surface area contributed by atoms with Crippen LogP contribution in [0.5, 0.6) is 5.75 Å². The van der Waals surface area contributed by atoms with Crippen molar-refractivity contribution in [3.8, 4) is 5.75 Å². The molecule has 0 aliphatic carbocycles. The fraction of sp³-hybridized carbons (Fsp3) is 0.250. The molecule has 1 amide bonds. The molecule has 1 aromatic heterocycles. The maximum absolute atomic E-state index is 12.0. The van der Waals surface area contributed by atoms with Gasteiger partial charge in [-0.05, 0) is 24.3 Å². The van der Waals surface area contributed by atoms with E-state index in [4.69, 9.17) is 0 Å². The highest BCUT2D eigenvalue weighted by Crippen LogP contribution is 2.26. The molecular weight excluding hydrogens is 353 g/mol. The quantitative estimate of drug-likeness (QED) is 0.767. The zero-order valence-corrected chi connectivity index (χ0v) is 13.3. The second-order valence-corrected chi connectivity index (χ2v) is 6.23. The minimum Gasteiger partial charge on any atom is -0.406 e. The molecule has 0 atom stereocenters. The van der Waals surface area contributed by atoms with E-state index in [-0.39, 0.29) is 17.4 Å². The highest BCUT2D eigenvalue weighted by molar-refractivity contribution is 8.01. The Balaban J connectivity index is 1.82. The molecule has 0 saturated carbocycles. The summed E-state index contributed by atoms with van der Waals surface area (Å²) < 4.78 is 40.5. The lowest BCUT2D eigenvalue weighted by atomic mass is 10.3. The molecule has 1 heterocycles. The van der Waals surface area contributed by atoms with E-state index in [9.17, 15) is 18.0 Å². The Morgan fingerprint density at radius 2 is 2.00 bits per heavy atom. The number of ether oxygens (including phenoxy) is 1. The van der Waals surface area contributed by atoms with Gasteiger partial charge in [-0.2, -0.15) is 0 Å². The maximum atomic E-state index is 12.0. The van der Waals surface area contributed by atoms with Crippen LogP contribution in [0.3, 0.4) is 0 Å². The zero-order valence-electron chi connectivity index (χ0n) is 11.7. The Morgan fingerprint density at radius 3 is 2.57 bits per heavy atom. The van der Waals surface area contributed by atoms with Gasteiger partial charge in [0.1, 0.15) is 5.75 Å². The van der Waals surface area contributed by atoms with Crippen molar-refractivity contribution in [1.29, 1.82) is 0 Å². The number of anilines is 2. The number of carbonyl (C=O) groups excluding carboxylic acids is 1. The molecule has 124 valence electrons. The van der Waals surface area contributed by atoms with E-state index in [2.05, 4.69) is 25.6 Å². The van der Waals surface area contributed by atoms with Crippen molar-refractivity contribution in [2.75, 3.05) is 23.4 Å². The summed E-state index contributed by atoms with van der Waals surface area (Å²) in [6, 6.07) is 4.90. The topological polar surface area (TPSA) is 76.1 Å². The number of amides is 1. The van der Waals surface area contributed by atoms with Gasteiger partial charge in [0.05, 0.1) is 5.75 Å². The molecule has 0 fully saturated rings. The third-order valence-electron chi connectivity index (χ3n) is 2.32. The van der Waals surface area contributed by atoms with E-state index in [1.54, 1.807) is 7.05 Å². The molecule has 0 aliphatic heterocycles. The largest absolute Gasteiger partial charge is 0.573 e. The van der Waals surface area contributed by atoms with Crippen LogP contribution in [-0.4, -0.2) is 35.3 Å². The number of alkyl halides is 3. The summed E-state index contributed by atoms with van der Waals surface area (Å²) in [5.74, 6) is -0.543. The molecule has 0 spiro atoms. The highest BCUT2D eigenvalue weighted by Gasteiger charge is 2.30. The third kappa shape index (κ3) is 5.94. The van der Waals surface area contributed by atoms with Crippen LogP contribution in [0.25, 0.3) is 0 Å². The molecule has 0 saturated heterocycles. The van der Waals surface area contributed by atoms with Crippen molar-refractivity contribution in [3.63, 3.8) is 0 Å². The van der Waals surface area contributed by atoms with Crippen molar-refractivity contribution < 1.29 is 22.7 Å². The van der Waals surface area contributed by atoms with Crippen LogP contribution in [0.4, 0.5) is 24.0 Å². The van der Waals surface area contributed by atoms with Crippen LogP contribution in [0.15, 0.2) is 28.6 Å². The van der Waals surface area contributed by atoms with Crippen molar-refractivity contribution in [3.05, 3.63) is 24.3 Å². The van der Waals surface area contributed by atoms with E-state index in [0.29, 0.717) is 15.2 Å². The standard InChI is InChI=1S/C12H11F3N4O2S2/c1-16-10-18-19-11(23-10)22-6-9(20)17-7-2-4-8(5-3-7)21-12(13,14)15/h2-5H,6H2,1H3,(H,16,18)(H,17,20). The van der Waals surface area contributed by atoms with Crippen LogP contribution < -0.4 is 15.4 Å². The molecule has 0 aliphatic rings. The van der Waals surface area contributed by atoms with Crippen LogP contribution in [0.1, 0.15) is 0 Å². The molecule has 0 bridgehead atoms. The number of rotatable bonds is 6. The first-order valence-corrected chi connectivity index (χ1v) is 7.95. The Hall–Kier alpha value is -2.01. The van der Waals surface area contributed by atoms with Gasteiger partial charge in [-0.3, -0.25) is 4.79 Å². The van der Waals surface area contributed by atoms with Crippen LogP contribution in [0.2, 0.25) is 0 Å². The van der Waals surface area contributed by atoms with Gasteiger partial charge in [0.15, 0.2) is 4.34 Å². The summed E-state index contributed by atoms with van der Waals surface area (Å²) in [7, 11) is 1.72. The van der Waals surface area contributed by atoms with Gasteiger partial charge in [-0.25, -0.2) is 0 Å². The first kappa shape index (κ1) is 17.3. The summed E-state index contributed by atoms with van der Waals surface area (Å²) in [4.78, 5) is 11.8. The molecule has 11 heteroatoms. The Bertz CT molecular complexity index is 661. The summed E-state index contributed by atoms with van der Waals surface area (Å²) in [5, 5.41) is 13.8. The van der Waals surface area contributed by atoms with Crippen LogP contribution in [-0.2, 0) is 4.79 Å². The lowest BCUT2D eigenvalue weighted by Crippen LogP contribution is -2.17. The average Bonchev–Trinajstić information content (AvgIpc) is 2.94. The molecule has 2 aromatic rings. The highest BCUT2D eigenvalue weighted by atomic mass is 32.2. The van der Waals surface area contributed by atoms with Crippen LogP contribution in [0, 0.1) is 0 Å². The van der Waals surface area contributed by atoms with Gasteiger partial charge < -0.3 is 15.4 Å². The molecule has 6 nitrogen and oxygen atoms in total. The van der Waals surface area contributed by atoms with Crippen molar-refractivity contribution in [2.24, 2.45) is 0 Å². The van der Waals surface area contributed by atoms with Crippen molar-refractivity contribution in [2.45, 2.75) is 10.7 Å². The minimum absolute atomic E-state index is 0.110. The fourth-order valence-corrected chi connectivity index (χ4v) is 2.94. The van der Waals surface area contributed by atoms with E-state index in [0.717, 1.165) is 12.1 Å². The van der Waals surface area contributed by atoms with Crippen molar-refractivity contribution in [1.82, 2.24) is 10.2 Å². The predicted octanol–water partition coefficient (Wildman–Crippen LogP) is 3.21. The molecular formula is C12H11F3N4O2S2. The van der Waals surface area contributed by atoms with Gasteiger partial charge >= 0.3 is 6.36 Å². The smallest absolute Gasteiger partial charge is 0.406 e. The first-order valence-electron chi connectivity index (χ1n) is 6.15. The number of hydrogen-bond donors (Lipinski definition) is 2. The van der Waals surface area contributed by atoms with Gasteiger partial charge in [0.25, 0.3) is 0 Å². The molecule has 2 N–H and O–H groups in total. The lowest BCUT2D eigenvalue weighted by molar-refractivity contribution is -0.274. The predicted molar refractivity (Wildman–Crippen MR) is 81.9 cm³/mol. The van der Waals surface area contributed by atoms with Gasteiger partial charge in [0.2, 0.25) is 11.0 Å². The second kappa shape index (κ2) is 7.51. The Morgan fingerprint density at radius 1 is 1.30 bits per heavy atom. The number of nitrogens with one attached hydrogen (secondary N) is 2.